The fraction of sp³-hybridized carbons (Fsp3) is 1.00. The first-order chi connectivity index (χ1) is 7.24. The number of hydrogen-bond donors (Lipinski definition) is 0. The van der Waals surface area contributed by atoms with Crippen LogP contribution in [0, 0.1) is 5.41 Å². The van der Waals surface area contributed by atoms with Gasteiger partial charge in [-0.25, -0.2) is 0 Å². The second-order valence-corrected chi connectivity index (χ2v) is 4.36. The Morgan fingerprint density at radius 2 is 1.73 bits per heavy atom. The van der Waals surface area contributed by atoms with Crippen molar-refractivity contribution >= 4 is 23.2 Å². The molecule has 0 amide bonds. The van der Waals surface area contributed by atoms with Gasteiger partial charge in [-0.1, -0.05) is 6.92 Å². The van der Waals surface area contributed by atoms with Gasteiger partial charge in [0.25, 0.3) is 0 Å². The average molecular weight is 257 g/mol. The summed E-state index contributed by atoms with van der Waals surface area (Å²) in [5.41, 5.74) is 0.0460. The van der Waals surface area contributed by atoms with Crippen LogP contribution in [0.25, 0.3) is 0 Å². The van der Waals surface area contributed by atoms with Gasteiger partial charge in [0.1, 0.15) is 0 Å². The van der Waals surface area contributed by atoms with E-state index in [1.807, 2.05) is 0 Å². The van der Waals surface area contributed by atoms with E-state index in [1.165, 1.54) is 0 Å². The maximum atomic E-state index is 5.93. The van der Waals surface area contributed by atoms with Crippen molar-refractivity contribution < 1.29 is 9.47 Å². The van der Waals surface area contributed by atoms with Crippen LogP contribution in [-0.2, 0) is 9.47 Å². The highest BCUT2D eigenvalue weighted by atomic mass is 35.5. The minimum Gasteiger partial charge on any atom is -0.385 e. The summed E-state index contributed by atoms with van der Waals surface area (Å²) in [6.07, 6.45) is 2.88. The van der Waals surface area contributed by atoms with Gasteiger partial charge in [-0.3, -0.25) is 0 Å². The average Bonchev–Trinajstić information content (AvgIpc) is 2.29. The lowest BCUT2D eigenvalue weighted by molar-refractivity contribution is 0.0835. The summed E-state index contributed by atoms with van der Waals surface area (Å²) in [6.45, 7) is 4.36. The van der Waals surface area contributed by atoms with Crippen molar-refractivity contribution in [1.29, 1.82) is 0 Å². The Morgan fingerprint density at radius 3 is 2.20 bits per heavy atom. The van der Waals surface area contributed by atoms with Gasteiger partial charge in [-0.15, -0.1) is 23.2 Å². The van der Waals surface area contributed by atoms with Crippen molar-refractivity contribution in [2.75, 3.05) is 38.7 Å². The predicted octanol–water partition coefficient (Wildman–Crippen LogP) is 3.30. The standard InChI is InChI=1S/C11H22Cl2O2/c1-3-11(9-12,10-13)5-8-15-7-4-6-14-2/h3-10H2,1-2H3. The zero-order valence-electron chi connectivity index (χ0n) is 9.73. The van der Waals surface area contributed by atoms with Crippen LogP contribution in [0.5, 0.6) is 0 Å². The van der Waals surface area contributed by atoms with Crippen molar-refractivity contribution in [3.05, 3.63) is 0 Å². The SMILES string of the molecule is CCC(CCl)(CCl)CCOCCCOC. The number of hydrogen-bond acceptors (Lipinski definition) is 2. The Hall–Kier alpha value is 0.500. The Bertz CT molecular complexity index is 130. The Morgan fingerprint density at radius 1 is 1.07 bits per heavy atom. The van der Waals surface area contributed by atoms with Crippen LogP contribution in [-0.4, -0.2) is 38.7 Å². The number of halogens is 2. The first-order valence-corrected chi connectivity index (χ1v) is 6.50. The van der Waals surface area contributed by atoms with Crippen molar-refractivity contribution in [3.8, 4) is 0 Å². The molecule has 4 heteroatoms. The minimum absolute atomic E-state index is 0.0460. The quantitative estimate of drug-likeness (QED) is 0.441. The second kappa shape index (κ2) is 9.71. The highest BCUT2D eigenvalue weighted by molar-refractivity contribution is 6.21. The van der Waals surface area contributed by atoms with Crippen LogP contribution >= 0.6 is 23.2 Å². The minimum atomic E-state index is 0.0460. The first-order valence-electron chi connectivity index (χ1n) is 5.43. The zero-order valence-corrected chi connectivity index (χ0v) is 11.2. The third-order valence-corrected chi connectivity index (χ3v) is 3.86. The van der Waals surface area contributed by atoms with Gasteiger partial charge in [0.2, 0.25) is 0 Å². The number of rotatable bonds is 10. The van der Waals surface area contributed by atoms with E-state index in [-0.39, 0.29) is 5.41 Å². The molecule has 0 aliphatic heterocycles. The monoisotopic (exact) mass is 256 g/mol. The summed E-state index contributed by atoms with van der Waals surface area (Å²) in [7, 11) is 1.70. The molecule has 0 rings (SSSR count). The van der Waals surface area contributed by atoms with E-state index in [2.05, 4.69) is 6.92 Å². The molecule has 0 saturated heterocycles. The third kappa shape index (κ3) is 6.62. The van der Waals surface area contributed by atoms with Gasteiger partial charge in [0, 0.05) is 38.7 Å². The van der Waals surface area contributed by atoms with Crippen molar-refractivity contribution in [2.24, 2.45) is 5.41 Å². The van der Waals surface area contributed by atoms with E-state index in [0.717, 1.165) is 39.1 Å². The van der Waals surface area contributed by atoms with Crippen LogP contribution in [0.1, 0.15) is 26.2 Å². The molecule has 0 aliphatic carbocycles. The van der Waals surface area contributed by atoms with E-state index < -0.39 is 0 Å². The Labute approximate surface area is 103 Å². The highest BCUT2D eigenvalue weighted by Gasteiger charge is 2.25. The van der Waals surface area contributed by atoms with Gasteiger partial charge >= 0.3 is 0 Å². The van der Waals surface area contributed by atoms with Crippen LogP contribution in [0.3, 0.4) is 0 Å². The van der Waals surface area contributed by atoms with Crippen LogP contribution < -0.4 is 0 Å². The zero-order chi connectivity index (χ0) is 11.6. The normalized spacial score (nSPS) is 12.0. The lowest BCUT2D eigenvalue weighted by Crippen LogP contribution is -2.26. The smallest absolute Gasteiger partial charge is 0.0487 e. The maximum Gasteiger partial charge on any atom is 0.0487 e. The second-order valence-electron chi connectivity index (χ2n) is 3.83. The summed E-state index contributed by atoms with van der Waals surface area (Å²) in [4.78, 5) is 0. The molecule has 0 fully saturated rings. The first kappa shape index (κ1) is 15.5. The largest absolute Gasteiger partial charge is 0.385 e. The molecule has 15 heavy (non-hydrogen) atoms. The van der Waals surface area contributed by atoms with E-state index in [0.29, 0.717) is 11.8 Å². The predicted molar refractivity (Wildman–Crippen MR) is 66.1 cm³/mol. The summed E-state index contributed by atoms with van der Waals surface area (Å²) >= 11 is 11.9. The van der Waals surface area contributed by atoms with Gasteiger partial charge < -0.3 is 9.47 Å². The van der Waals surface area contributed by atoms with Crippen molar-refractivity contribution in [1.82, 2.24) is 0 Å². The van der Waals surface area contributed by atoms with Crippen molar-refractivity contribution in [2.45, 2.75) is 26.2 Å². The van der Waals surface area contributed by atoms with E-state index in [9.17, 15) is 0 Å². The van der Waals surface area contributed by atoms with Gasteiger partial charge in [-0.05, 0) is 24.7 Å². The fourth-order valence-corrected chi connectivity index (χ4v) is 2.16. The van der Waals surface area contributed by atoms with Gasteiger partial charge in [-0.2, -0.15) is 0 Å². The molecule has 0 atom stereocenters. The molecule has 0 unspecified atom stereocenters. The molecule has 0 N–H and O–H groups in total. The van der Waals surface area contributed by atoms with E-state index in [4.69, 9.17) is 32.7 Å². The number of methoxy groups -OCH3 is 1. The molecule has 0 spiro atoms. The summed E-state index contributed by atoms with van der Waals surface area (Å²) in [6, 6.07) is 0. The molecule has 2 nitrogen and oxygen atoms in total. The molecule has 0 aromatic carbocycles. The Kier molecular flexibility index (Phi) is 10.0. The fourth-order valence-electron chi connectivity index (χ4n) is 1.23. The lowest BCUT2D eigenvalue weighted by atomic mass is 9.86. The molecule has 0 aliphatic rings. The molecule has 0 radical (unpaired) electrons. The number of ether oxygens (including phenoxy) is 2. The van der Waals surface area contributed by atoms with E-state index >= 15 is 0 Å². The molecule has 0 saturated carbocycles. The molecular weight excluding hydrogens is 235 g/mol. The van der Waals surface area contributed by atoms with Gasteiger partial charge in [0.05, 0.1) is 0 Å². The maximum absolute atomic E-state index is 5.93. The molecule has 0 heterocycles. The highest BCUT2D eigenvalue weighted by Crippen LogP contribution is 2.29. The number of alkyl halides is 2. The Balaban J connectivity index is 3.54. The summed E-state index contributed by atoms with van der Waals surface area (Å²) in [5.74, 6) is 1.21. The molecule has 0 aromatic rings. The molecule has 92 valence electrons. The summed E-state index contributed by atoms with van der Waals surface area (Å²) in [5, 5.41) is 0. The lowest BCUT2D eigenvalue weighted by Gasteiger charge is -2.27. The van der Waals surface area contributed by atoms with Gasteiger partial charge in [0.15, 0.2) is 0 Å². The van der Waals surface area contributed by atoms with Crippen LogP contribution in [0.2, 0.25) is 0 Å². The van der Waals surface area contributed by atoms with Crippen molar-refractivity contribution in [3.63, 3.8) is 0 Å². The molecule has 0 bridgehead atoms. The molecular formula is C11H22Cl2O2. The van der Waals surface area contributed by atoms with E-state index in [1.54, 1.807) is 7.11 Å². The topological polar surface area (TPSA) is 18.5 Å². The third-order valence-electron chi connectivity index (χ3n) is 2.73. The van der Waals surface area contributed by atoms with Crippen LogP contribution in [0.4, 0.5) is 0 Å². The molecule has 0 aromatic heterocycles. The summed E-state index contributed by atoms with van der Waals surface area (Å²) < 4.78 is 10.4. The van der Waals surface area contributed by atoms with Crippen LogP contribution in [0.15, 0.2) is 0 Å².